The summed E-state index contributed by atoms with van der Waals surface area (Å²) in [5.41, 5.74) is 1.13. The minimum atomic E-state index is -0.592. The Morgan fingerprint density at radius 2 is 1.92 bits per heavy atom. The highest BCUT2D eigenvalue weighted by molar-refractivity contribution is 6.02. The molecule has 5 nitrogen and oxygen atoms in total. The number of carbonyl (C=O) groups excluding carboxylic acids is 2. The molecule has 6 heteroatoms. The Bertz CT molecular complexity index is 803. The van der Waals surface area contributed by atoms with E-state index in [4.69, 9.17) is 4.74 Å². The fraction of sp³-hybridized carbons (Fsp3) is 0.158. The van der Waals surface area contributed by atoms with E-state index in [9.17, 15) is 14.0 Å². The molecule has 2 rings (SSSR count). The molecule has 0 saturated heterocycles. The van der Waals surface area contributed by atoms with Crippen LogP contribution >= 0.6 is 0 Å². The Hall–Kier alpha value is -3.15. The molecule has 0 aliphatic carbocycles. The second-order valence-electron chi connectivity index (χ2n) is 5.17. The Morgan fingerprint density at radius 3 is 2.64 bits per heavy atom. The lowest BCUT2D eigenvalue weighted by atomic mass is 10.2. The first-order valence-electron chi connectivity index (χ1n) is 7.77. The van der Waals surface area contributed by atoms with Gasteiger partial charge in [0.2, 0.25) is 11.8 Å². The number of ether oxygens (including phenoxy) is 1. The number of rotatable bonds is 6. The van der Waals surface area contributed by atoms with E-state index in [1.807, 2.05) is 25.1 Å². The molecule has 0 aliphatic rings. The van der Waals surface area contributed by atoms with E-state index >= 15 is 0 Å². The fourth-order valence-electron chi connectivity index (χ4n) is 2.15. The van der Waals surface area contributed by atoms with Gasteiger partial charge in [0.05, 0.1) is 12.3 Å². The van der Waals surface area contributed by atoms with Crippen molar-refractivity contribution < 1.29 is 18.7 Å². The van der Waals surface area contributed by atoms with Crippen LogP contribution in [0.3, 0.4) is 0 Å². The number of amides is 2. The van der Waals surface area contributed by atoms with Crippen LogP contribution < -0.4 is 15.4 Å². The van der Waals surface area contributed by atoms with Crippen LogP contribution in [0.2, 0.25) is 0 Å². The van der Waals surface area contributed by atoms with Crippen molar-refractivity contribution in [3.63, 3.8) is 0 Å². The zero-order valence-corrected chi connectivity index (χ0v) is 14.0. The van der Waals surface area contributed by atoms with Gasteiger partial charge in [-0.1, -0.05) is 18.2 Å². The summed E-state index contributed by atoms with van der Waals surface area (Å²) in [6.45, 7) is 3.73. The highest BCUT2D eigenvalue weighted by Crippen LogP contribution is 2.21. The molecule has 0 bridgehead atoms. The van der Waals surface area contributed by atoms with Crippen molar-refractivity contribution in [2.75, 3.05) is 17.2 Å². The number of hydrogen-bond acceptors (Lipinski definition) is 3. The Kier molecular flexibility index (Phi) is 6.28. The highest BCUT2D eigenvalue weighted by atomic mass is 19.1. The molecular formula is C19H19FN2O3. The minimum absolute atomic E-state index is 0.0148. The van der Waals surface area contributed by atoms with Crippen LogP contribution in [0.5, 0.6) is 5.75 Å². The average molecular weight is 342 g/mol. The number of para-hydroxylation sites is 1. The van der Waals surface area contributed by atoms with Crippen molar-refractivity contribution in [2.45, 2.75) is 13.8 Å². The summed E-state index contributed by atoms with van der Waals surface area (Å²) in [6, 6.07) is 11.2. The van der Waals surface area contributed by atoms with Gasteiger partial charge in [-0.3, -0.25) is 9.59 Å². The van der Waals surface area contributed by atoms with Gasteiger partial charge in [0.1, 0.15) is 11.6 Å². The molecule has 25 heavy (non-hydrogen) atoms. The van der Waals surface area contributed by atoms with E-state index in [0.29, 0.717) is 18.0 Å². The highest BCUT2D eigenvalue weighted by Gasteiger charge is 2.07. The van der Waals surface area contributed by atoms with Crippen LogP contribution in [0.1, 0.15) is 19.4 Å². The average Bonchev–Trinajstić information content (AvgIpc) is 2.57. The van der Waals surface area contributed by atoms with Crippen LogP contribution in [0.4, 0.5) is 15.8 Å². The fourth-order valence-corrected chi connectivity index (χ4v) is 2.15. The van der Waals surface area contributed by atoms with E-state index < -0.39 is 11.7 Å². The number of benzene rings is 2. The summed E-state index contributed by atoms with van der Waals surface area (Å²) in [7, 11) is 0. The molecule has 0 spiro atoms. The number of carbonyl (C=O) groups is 2. The van der Waals surface area contributed by atoms with Gasteiger partial charge in [-0.25, -0.2) is 4.39 Å². The van der Waals surface area contributed by atoms with Gasteiger partial charge in [0.15, 0.2) is 0 Å². The van der Waals surface area contributed by atoms with Crippen LogP contribution in [-0.2, 0) is 9.59 Å². The zero-order chi connectivity index (χ0) is 18.2. The van der Waals surface area contributed by atoms with Crippen LogP contribution in [-0.4, -0.2) is 18.4 Å². The number of nitrogens with one attached hydrogen (secondary N) is 2. The van der Waals surface area contributed by atoms with Crippen molar-refractivity contribution in [3.05, 3.63) is 59.9 Å². The maximum absolute atomic E-state index is 13.8. The molecular weight excluding hydrogens is 323 g/mol. The van der Waals surface area contributed by atoms with E-state index in [1.165, 1.54) is 31.2 Å². The van der Waals surface area contributed by atoms with Gasteiger partial charge in [-0.2, -0.15) is 0 Å². The van der Waals surface area contributed by atoms with Gasteiger partial charge in [0, 0.05) is 24.3 Å². The molecule has 0 unspecified atom stereocenters. The third-order valence-corrected chi connectivity index (χ3v) is 3.18. The molecule has 0 atom stereocenters. The predicted molar refractivity (Wildman–Crippen MR) is 96.0 cm³/mol. The van der Waals surface area contributed by atoms with Crippen LogP contribution in [0.15, 0.2) is 48.5 Å². The first kappa shape index (κ1) is 18.2. The Morgan fingerprint density at radius 1 is 1.16 bits per heavy atom. The Labute approximate surface area is 145 Å². The van der Waals surface area contributed by atoms with Crippen molar-refractivity contribution in [1.29, 1.82) is 0 Å². The maximum atomic E-state index is 13.8. The molecule has 2 aromatic rings. The third-order valence-electron chi connectivity index (χ3n) is 3.18. The van der Waals surface area contributed by atoms with E-state index in [1.54, 1.807) is 12.1 Å². The van der Waals surface area contributed by atoms with Gasteiger partial charge in [-0.05, 0) is 37.3 Å². The molecule has 0 aliphatic heterocycles. The SMILES string of the molecule is CCOc1ccccc1/C=C/C(=O)Nc1cc(NC(C)=O)ccc1F. The predicted octanol–water partition coefficient (Wildman–Crippen LogP) is 3.83. The lowest BCUT2D eigenvalue weighted by Gasteiger charge is -2.08. The van der Waals surface area contributed by atoms with Gasteiger partial charge in [-0.15, -0.1) is 0 Å². The molecule has 130 valence electrons. The van der Waals surface area contributed by atoms with Crippen molar-refractivity contribution in [2.24, 2.45) is 0 Å². The second-order valence-corrected chi connectivity index (χ2v) is 5.17. The van der Waals surface area contributed by atoms with Crippen molar-refractivity contribution in [1.82, 2.24) is 0 Å². The summed E-state index contributed by atoms with van der Waals surface area (Å²) in [5.74, 6) is -0.708. The van der Waals surface area contributed by atoms with Crippen LogP contribution in [0, 0.1) is 5.82 Å². The normalized spacial score (nSPS) is 10.5. The molecule has 2 N–H and O–H groups in total. The summed E-state index contributed by atoms with van der Waals surface area (Å²) < 4.78 is 19.3. The first-order valence-corrected chi connectivity index (χ1v) is 7.77. The second kappa shape index (κ2) is 8.63. The topological polar surface area (TPSA) is 67.4 Å². The molecule has 0 saturated carbocycles. The van der Waals surface area contributed by atoms with E-state index in [0.717, 1.165) is 5.56 Å². The van der Waals surface area contributed by atoms with Crippen molar-refractivity contribution >= 4 is 29.3 Å². The van der Waals surface area contributed by atoms with Crippen LogP contribution in [0.25, 0.3) is 6.08 Å². The monoisotopic (exact) mass is 342 g/mol. The summed E-state index contributed by atoms with van der Waals surface area (Å²) in [5, 5.41) is 4.99. The van der Waals surface area contributed by atoms with E-state index in [2.05, 4.69) is 10.6 Å². The van der Waals surface area contributed by atoms with Gasteiger partial charge < -0.3 is 15.4 Å². The molecule has 0 radical (unpaired) electrons. The number of hydrogen-bond donors (Lipinski definition) is 2. The molecule has 0 aromatic heterocycles. The summed E-state index contributed by atoms with van der Waals surface area (Å²) in [6.07, 6.45) is 2.89. The first-order chi connectivity index (χ1) is 12.0. The Balaban J connectivity index is 2.11. The molecule has 2 aromatic carbocycles. The number of halogens is 1. The minimum Gasteiger partial charge on any atom is -0.493 e. The standard InChI is InChI=1S/C19H19FN2O3/c1-3-25-18-7-5-4-6-14(18)8-11-19(24)22-17-12-15(21-13(2)23)9-10-16(17)20/h4-12H,3H2,1-2H3,(H,21,23)(H,22,24)/b11-8+. The lowest BCUT2D eigenvalue weighted by molar-refractivity contribution is -0.114. The largest absolute Gasteiger partial charge is 0.493 e. The summed E-state index contributed by atoms with van der Waals surface area (Å²) >= 11 is 0. The lowest BCUT2D eigenvalue weighted by Crippen LogP contribution is -2.11. The third kappa shape index (κ3) is 5.46. The molecule has 2 amide bonds. The van der Waals surface area contributed by atoms with E-state index in [-0.39, 0.29) is 11.6 Å². The summed E-state index contributed by atoms with van der Waals surface area (Å²) in [4.78, 5) is 23.1. The zero-order valence-electron chi connectivity index (χ0n) is 14.0. The quantitative estimate of drug-likeness (QED) is 0.784. The smallest absolute Gasteiger partial charge is 0.248 e. The number of anilines is 2. The van der Waals surface area contributed by atoms with Crippen molar-refractivity contribution in [3.8, 4) is 5.75 Å². The maximum Gasteiger partial charge on any atom is 0.248 e. The van der Waals surface area contributed by atoms with Gasteiger partial charge in [0.25, 0.3) is 0 Å². The molecule has 0 fully saturated rings. The molecule has 0 heterocycles. The van der Waals surface area contributed by atoms with Gasteiger partial charge >= 0.3 is 0 Å².